The van der Waals surface area contributed by atoms with Crippen LogP contribution in [-0.4, -0.2) is 12.6 Å². The molecule has 1 aliphatic carbocycles. The molecule has 0 bridgehead atoms. The number of esters is 1. The Bertz CT molecular complexity index is 288. The number of nitriles is 1. The van der Waals surface area contributed by atoms with E-state index in [2.05, 4.69) is 12.1 Å². The van der Waals surface area contributed by atoms with Gasteiger partial charge in [0.15, 0.2) is 0 Å². The van der Waals surface area contributed by atoms with E-state index in [1.165, 1.54) is 6.42 Å². The Morgan fingerprint density at radius 1 is 1.67 bits per heavy atom. The third-order valence-electron chi connectivity index (χ3n) is 2.61. The predicted molar refractivity (Wildman–Crippen MR) is 56.9 cm³/mol. The molecular weight excluding hydrogens is 190 g/mol. The molecule has 1 unspecified atom stereocenters. The van der Waals surface area contributed by atoms with Gasteiger partial charge in [0.1, 0.15) is 0 Å². The largest absolute Gasteiger partial charge is 0.466 e. The van der Waals surface area contributed by atoms with E-state index in [9.17, 15) is 4.79 Å². The fourth-order valence-electron chi connectivity index (χ4n) is 1.83. The van der Waals surface area contributed by atoms with E-state index in [-0.39, 0.29) is 18.3 Å². The summed E-state index contributed by atoms with van der Waals surface area (Å²) >= 11 is 0. The van der Waals surface area contributed by atoms with E-state index in [0.29, 0.717) is 6.61 Å². The molecule has 0 saturated carbocycles. The quantitative estimate of drug-likeness (QED) is 0.526. The van der Waals surface area contributed by atoms with Gasteiger partial charge in [0, 0.05) is 0 Å². The van der Waals surface area contributed by atoms with Crippen LogP contribution in [0.3, 0.4) is 0 Å². The topological polar surface area (TPSA) is 50.1 Å². The summed E-state index contributed by atoms with van der Waals surface area (Å²) in [7, 11) is 0. The Labute approximate surface area is 90.7 Å². The Kier molecular flexibility index (Phi) is 4.89. The molecule has 0 radical (unpaired) electrons. The lowest BCUT2D eigenvalue weighted by Gasteiger charge is -2.16. The summed E-state index contributed by atoms with van der Waals surface area (Å²) in [5.41, 5.74) is 1.12. The highest BCUT2D eigenvalue weighted by Gasteiger charge is 2.19. The van der Waals surface area contributed by atoms with Gasteiger partial charge in [-0.25, -0.2) is 0 Å². The third-order valence-corrected chi connectivity index (χ3v) is 2.61. The molecule has 0 aromatic heterocycles. The fourth-order valence-corrected chi connectivity index (χ4v) is 1.83. The van der Waals surface area contributed by atoms with Gasteiger partial charge in [-0.3, -0.25) is 4.79 Å². The molecule has 3 heteroatoms. The second-order valence-corrected chi connectivity index (χ2v) is 3.72. The number of rotatable bonds is 4. The molecule has 1 rings (SSSR count). The van der Waals surface area contributed by atoms with Crippen LogP contribution in [0.2, 0.25) is 0 Å². The van der Waals surface area contributed by atoms with Gasteiger partial charge in [-0.15, -0.1) is 0 Å². The maximum absolute atomic E-state index is 11.3. The maximum Gasteiger partial charge on any atom is 0.307 e. The molecule has 3 nitrogen and oxygen atoms in total. The molecule has 0 aromatic carbocycles. The van der Waals surface area contributed by atoms with Gasteiger partial charge in [-0.1, -0.05) is 11.6 Å². The molecule has 0 aromatic rings. The zero-order valence-corrected chi connectivity index (χ0v) is 9.16. The van der Waals surface area contributed by atoms with Crippen LogP contribution in [0.15, 0.2) is 11.6 Å². The number of hydrogen-bond donors (Lipinski definition) is 0. The van der Waals surface area contributed by atoms with Crippen molar-refractivity contribution in [3.63, 3.8) is 0 Å². The molecule has 1 atom stereocenters. The minimum atomic E-state index is -0.274. The second kappa shape index (κ2) is 6.23. The zero-order chi connectivity index (χ0) is 11.1. The Hall–Kier alpha value is -1.30. The van der Waals surface area contributed by atoms with Crippen LogP contribution in [0.4, 0.5) is 0 Å². The van der Waals surface area contributed by atoms with Crippen LogP contribution in [0.25, 0.3) is 0 Å². The van der Waals surface area contributed by atoms with Crippen molar-refractivity contribution in [3.8, 4) is 6.07 Å². The average Bonchev–Trinajstić information content (AvgIpc) is 2.27. The summed E-state index contributed by atoms with van der Waals surface area (Å²) in [6.45, 7) is 2.16. The molecule has 1 aliphatic rings. The van der Waals surface area contributed by atoms with Gasteiger partial charge in [-0.05, 0) is 32.6 Å². The van der Waals surface area contributed by atoms with Crippen LogP contribution in [0.5, 0.6) is 0 Å². The highest BCUT2D eigenvalue weighted by Crippen LogP contribution is 2.26. The van der Waals surface area contributed by atoms with Crippen molar-refractivity contribution in [3.05, 3.63) is 11.6 Å². The minimum absolute atomic E-state index is 0.205. The number of ether oxygens (including phenoxy) is 1. The average molecular weight is 207 g/mol. The summed E-state index contributed by atoms with van der Waals surface area (Å²) < 4.78 is 4.85. The molecule has 0 amide bonds. The van der Waals surface area contributed by atoms with E-state index in [0.717, 1.165) is 24.8 Å². The van der Waals surface area contributed by atoms with Crippen LogP contribution in [0, 0.1) is 17.2 Å². The smallest absolute Gasteiger partial charge is 0.307 e. The SMILES string of the molecule is CCOC(=O)CC(C#N)C1=CCCCC1. The molecule has 0 aliphatic heterocycles. The van der Waals surface area contributed by atoms with Crippen molar-refractivity contribution in [2.24, 2.45) is 5.92 Å². The van der Waals surface area contributed by atoms with Crippen molar-refractivity contribution in [1.29, 1.82) is 5.26 Å². The summed E-state index contributed by atoms with van der Waals surface area (Å²) in [4.78, 5) is 11.3. The lowest BCUT2D eigenvalue weighted by Crippen LogP contribution is -2.13. The number of carbonyl (C=O) groups is 1. The highest BCUT2D eigenvalue weighted by atomic mass is 16.5. The second-order valence-electron chi connectivity index (χ2n) is 3.72. The minimum Gasteiger partial charge on any atom is -0.466 e. The van der Waals surface area contributed by atoms with Crippen molar-refractivity contribution < 1.29 is 9.53 Å². The summed E-state index contributed by atoms with van der Waals surface area (Å²) in [6.07, 6.45) is 6.63. The lowest BCUT2D eigenvalue weighted by atomic mass is 9.88. The number of nitrogens with zero attached hydrogens (tertiary/aromatic N) is 1. The van der Waals surface area contributed by atoms with Crippen LogP contribution >= 0.6 is 0 Å². The Morgan fingerprint density at radius 3 is 3.00 bits per heavy atom. The van der Waals surface area contributed by atoms with Gasteiger partial charge in [0.25, 0.3) is 0 Å². The maximum atomic E-state index is 11.3. The summed E-state index contributed by atoms with van der Waals surface area (Å²) in [5, 5.41) is 9.00. The van der Waals surface area contributed by atoms with Gasteiger partial charge in [0.2, 0.25) is 0 Å². The van der Waals surface area contributed by atoms with Crippen molar-refractivity contribution in [2.75, 3.05) is 6.61 Å². The Balaban J connectivity index is 2.52. The molecule has 0 heterocycles. The number of allylic oxidation sites excluding steroid dienone is 2. The van der Waals surface area contributed by atoms with E-state index >= 15 is 0 Å². The molecule has 82 valence electrons. The first-order valence-corrected chi connectivity index (χ1v) is 5.52. The van der Waals surface area contributed by atoms with Crippen LogP contribution < -0.4 is 0 Å². The fraction of sp³-hybridized carbons (Fsp3) is 0.667. The molecule has 0 fully saturated rings. The standard InChI is InChI=1S/C12H17NO2/c1-2-15-12(14)8-11(9-13)10-6-4-3-5-7-10/h6,11H,2-5,7-8H2,1H3. The Morgan fingerprint density at radius 2 is 2.47 bits per heavy atom. The summed E-state index contributed by atoms with van der Waals surface area (Å²) in [6, 6.07) is 2.19. The molecule has 0 spiro atoms. The normalized spacial score (nSPS) is 17.5. The van der Waals surface area contributed by atoms with Gasteiger partial charge < -0.3 is 4.74 Å². The number of carbonyl (C=O) groups excluding carboxylic acids is 1. The monoisotopic (exact) mass is 207 g/mol. The van der Waals surface area contributed by atoms with Crippen molar-refractivity contribution in [2.45, 2.75) is 39.0 Å². The van der Waals surface area contributed by atoms with E-state index in [1.807, 2.05) is 0 Å². The van der Waals surface area contributed by atoms with Gasteiger partial charge in [-0.2, -0.15) is 5.26 Å². The first-order valence-electron chi connectivity index (χ1n) is 5.52. The highest BCUT2D eigenvalue weighted by molar-refractivity contribution is 5.70. The molecule has 0 N–H and O–H groups in total. The predicted octanol–water partition coefficient (Wildman–Crippen LogP) is 2.58. The van der Waals surface area contributed by atoms with Crippen molar-refractivity contribution in [1.82, 2.24) is 0 Å². The lowest BCUT2D eigenvalue weighted by molar-refractivity contribution is -0.143. The first-order chi connectivity index (χ1) is 7.27. The van der Waals surface area contributed by atoms with Crippen LogP contribution in [0.1, 0.15) is 39.0 Å². The zero-order valence-electron chi connectivity index (χ0n) is 9.16. The van der Waals surface area contributed by atoms with E-state index < -0.39 is 0 Å². The van der Waals surface area contributed by atoms with Gasteiger partial charge in [0.05, 0.1) is 25.0 Å². The molecule has 0 saturated heterocycles. The molecule has 15 heavy (non-hydrogen) atoms. The number of hydrogen-bond acceptors (Lipinski definition) is 3. The van der Waals surface area contributed by atoms with E-state index in [4.69, 9.17) is 10.00 Å². The first kappa shape index (κ1) is 11.8. The van der Waals surface area contributed by atoms with E-state index in [1.54, 1.807) is 6.92 Å². The van der Waals surface area contributed by atoms with Gasteiger partial charge >= 0.3 is 5.97 Å². The van der Waals surface area contributed by atoms with Crippen molar-refractivity contribution >= 4 is 5.97 Å². The summed E-state index contributed by atoms with van der Waals surface area (Å²) in [5.74, 6) is -0.542. The third kappa shape index (κ3) is 3.75. The van der Waals surface area contributed by atoms with Crippen LogP contribution in [-0.2, 0) is 9.53 Å². The molecular formula is C12H17NO2.